The van der Waals surface area contributed by atoms with Crippen molar-refractivity contribution in [3.05, 3.63) is 12.4 Å². The summed E-state index contributed by atoms with van der Waals surface area (Å²) < 4.78 is 1.92. The molecule has 2 rings (SSSR count). The Kier molecular flexibility index (Phi) is 3.26. The summed E-state index contributed by atoms with van der Waals surface area (Å²) in [4.78, 5) is 2.45. The summed E-state index contributed by atoms with van der Waals surface area (Å²) >= 11 is 0. The average Bonchev–Trinajstić information content (AvgIpc) is 2.84. The zero-order valence-electron chi connectivity index (χ0n) is 9.39. The third-order valence-electron chi connectivity index (χ3n) is 3.28. The smallest absolute Gasteiger partial charge is 0.0719 e. The van der Waals surface area contributed by atoms with Gasteiger partial charge in [-0.1, -0.05) is 12.8 Å². The second-order valence-corrected chi connectivity index (χ2v) is 4.46. The Hall–Kier alpha value is -1.03. The predicted octanol–water partition coefficient (Wildman–Crippen LogP) is 1.34. The summed E-state index contributed by atoms with van der Waals surface area (Å²) in [5, 5.41) is 4.18. The van der Waals surface area contributed by atoms with Gasteiger partial charge in [0.05, 0.1) is 18.4 Å². The molecule has 0 aromatic carbocycles. The fraction of sp³-hybridized carbons (Fsp3) is 0.727. The quantitative estimate of drug-likeness (QED) is 0.812. The first kappa shape index (κ1) is 10.5. The van der Waals surface area contributed by atoms with E-state index in [4.69, 9.17) is 5.73 Å². The number of nitrogens with two attached hydrogens (primary N) is 1. The summed E-state index contributed by atoms with van der Waals surface area (Å²) in [6.45, 7) is 2.00. The maximum Gasteiger partial charge on any atom is 0.0719 e. The molecule has 1 heterocycles. The van der Waals surface area contributed by atoms with Gasteiger partial charge in [-0.15, -0.1) is 0 Å². The molecule has 0 unspecified atom stereocenters. The molecule has 0 radical (unpaired) electrons. The summed E-state index contributed by atoms with van der Waals surface area (Å²) in [5.74, 6) is 0. The SMILES string of the molecule is CN(CCn1cc(N)cn1)C1CCCC1. The number of hydrogen-bond donors (Lipinski definition) is 1. The van der Waals surface area contributed by atoms with Gasteiger partial charge in [0.1, 0.15) is 0 Å². The van der Waals surface area contributed by atoms with Gasteiger partial charge in [0.2, 0.25) is 0 Å². The molecule has 1 aliphatic carbocycles. The lowest BCUT2D eigenvalue weighted by Crippen LogP contribution is -2.32. The predicted molar refractivity (Wildman–Crippen MR) is 61.5 cm³/mol. The van der Waals surface area contributed by atoms with Crippen molar-refractivity contribution in [2.75, 3.05) is 19.3 Å². The maximum atomic E-state index is 5.61. The van der Waals surface area contributed by atoms with Crippen molar-refractivity contribution in [1.29, 1.82) is 0 Å². The van der Waals surface area contributed by atoms with Crippen LogP contribution in [0, 0.1) is 0 Å². The van der Waals surface area contributed by atoms with Gasteiger partial charge in [0.25, 0.3) is 0 Å². The number of hydrogen-bond acceptors (Lipinski definition) is 3. The lowest BCUT2D eigenvalue weighted by Gasteiger charge is -2.23. The van der Waals surface area contributed by atoms with Crippen LogP contribution in [-0.4, -0.2) is 34.3 Å². The van der Waals surface area contributed by atoms with Crippen LogP contribution in [0.2, 0.25) is 0 Å². The molecule has 1 aromatic heterocycles. The molecule has 1 fully saturated rings. The van der Waals surface area contributed by atoms with Crippen LogP contribution in [0.4, 0.5) is 5.69 Å². The normalized spacial score (nSPS) is 17.7. The largest absolute Gasteiger partial charge is 0.396 e. The zero-order valence-corrected chi connectivity index (χ0v) is 9.39. The Morgan fingerprint density at radius 1 is 1.53 bits per heavy atom. The maximum absolute atomic E-state index is 5.61. The second-order valence-electron chi connectivity index (χ2n) is 4.46. The van der Waals surface area contributed by atoms with Gasteiger partial charge < -0.3 is 10.6 Å². The Labute approximate surface area is 91.1 Å². The average molecular weight is 208 g/mol. The summed E-state index contributed by atoms with van der Waals surface area (Å²) in [6, 6.07) is 0.790. The molecule has 1 aliphatic rings. The van der Waals surface area contributed by atoms with Crippen molar-refractivity contribution in [1.82, 2.24) is 14.7 Å². The summed E-state index contributed by atoms with van der Waals surface area (Å²) in [7, 11) is 2.21. The molecule has 0 spiro atoms. The molecule has 0 amide bonds. The number of anilines is 1. The lowest BCUT2D eigenvalue weighted by molar-refractivity contribution is 0.233. The van der Waals surface area contributed by atoms with Crippen LogP contribution in [0.1, 0.15) is 25.7 Å². The van der Waals surface area contributed by atoms with Gasteiger partial charge in [0.15, 0.2) is 0 Å². The van der Waals surface area contributed by atoms with Crippen LogP contribution in [0.15, 0.2) is 12.4 Å². The van der Waals surface area contributed by atoms with E-state index in [9.17, 15) is 0 Å². The van der Waals surface area contributed by atoms with Crippen molar-refractivity contribution < 1.29 is 0 Å². The van der Waals surface area contributed by atoms with Crippen LogP contribution in [0.3, 0.4) is 0 Å². The van der Waals surface area contributed by atoms with E-state index < -0.39 is 0 Å². The zero-order chi connectivity index (χ0) is 10.7. The van der Waals surface area contributed by atoms with E-state index in [0.29, 0.717) is 0 Å². The Bertz CT molecular complexity index is 301. The first-order valence-corrected chi connectivity index (χ1v) is 5.74. The highest BCUT2D eigenvalue weighted by Crippen LogP contribution is 2.22. The molecule has 4 heteroatoms. The van der Waals surface area contributed by atoms with E-state index >= 15 is 0 Å². The van der Waals surface area contributed by atoms with Crippen LogP contribution in [0.5, 0.6) is 0 Å². The van der Waals surface area contributed by atoms with E-state index in [1.807, 2.05) is 10.9 Å². The number of likely N-dealkylation sites (N-methyl/N-ethyl adjacent to an activating group) is 1. The van der Waals surface area contributed by atoms with E-state index in [2.05, 4.69) is 17.0 Å². The van der Waals surface area contributed by atoms with Crippen LogP contribution in [0.25, 0.3) is 0 Å². The fourth-order valence-electron chi connectivity index (χ4n) is 2.29. The second kappa shape index (κ2) is 4.66. The highest BCUT2D eigenvalue weighted by molar-refractivity contribution is 5.30. The van der Waals surface area contributed by atoms with E-state index in [-0.39, 0.29) is 0 Å². The minimum atomic E-state index is 0.749. The molecular weight excluding hydrogens is 188 g/mol. The molecule has 15 heavy (non-hydrogen) atoms. The van der Waals surface area contributed by atoms with E-state index in [1.54, 1.807) is 6.20 Å². The van der Waals surface area contributed by atoms with Gasteiger partial charge in [-0.05, 0) is 19.9 Å². The number of nitrogens with zero attached hydrogens (tertiary/aromatic N) is 3. The standard InChI is InChI=1S/C11H20N4/c1-14(11-4-2-3-5-11)6-7-15-9-10(12)8-13-15/h8-9,11H,2-7,12H2,1H3. The molecule has 1 saturated carbocycles. The van der Waals surface area contributed by atoms with E-state index in [0.717, 1.165) is 24.8 Å². The molecule has 84 valence electrons. The van der Waals surface area contributed by atoms with Crippen molar-refractivity contribution in [2.45, 2.75) is 38.3 Å². The third kappa shape index (κ3) is 2.72. The fourth-order valence-corrected chi connectivity index (χ4v) is 2.29. The number of nitrogen functional groups attached to an aromatic ring is 1. The van der Waals surface area contributed by atoms with Crippen LogP contribution < -0.4 is 5.73 Å². The first-order chi connectivity index (χ1) is 7.25. The molecule has 2 N–H and O–H groups in total. The monoisotopic (exact) mass is 208 g/mol. The highest BCUT2D eigenvalue weighted by Gasteiger charge is 2.18. The minimum Gasteiger partial charge on any atom is -0.396 e. The number of rotatable bonds is 4. The molecule has 0 aliphatic heterocycles. The van der Waals surface area contributed by atoms with Gasteiger partial charge >= 0.3 is 0 Å². The number of aromatic nitrogens is 2. The molecule has 0 saturated heterocycles. The minimum absolute atomic E-state index is 0.749. The van der Waals surface area contributed by atoms with Gasteiger partial charge in [-0.25, -0.2) is 0 Å². The van der Waals surface area contributed by atoms with Gasteiger partial charge in [0, 0.05) is 18.8 Å². The van der Waals surface area contributed by atoms with Gasteiger partial charge in [-0.3, -0.25) is 4.68 Å². The van der Waals surface area contributed by atoms with E-state index in [1.165, 1.54) is 25.7 Å². The Balaban J connectivity index is 1.77. The summed E-state index contributed by atoms with van der Waals surface area (Å²) in [6.07, 6.45) is 9.10. The topological polar surface area (TPSA) is 47.1 Å². The van der Waals surface area contributed by atoms with Crippen molar-refractivity contribution in [3.8, 4) is 0 Å². The molecule has 1 aromatic rings. The molecule has 0 bridgehead atoms. The van der Waals surface area contributed by atoms with Gasteiger partial charge in [-0.2, -0.15) is 5.10 Å². The van der Waals surface area contributed by atoms with Crippen molar-refractivity contribution in [3.63, 3.8) is 0 Å². The Morgan fingerprint density at radius 2 is 2.27 bits per heavy atom. The molecule has 4 nitrogen and oxygen atoms in total. The molecular formula is C11H20N4. The third-order valence-corrected chi connectivity index (χ3v) is 3.28. The summed E-state index contributed by atoms with van der Waals surface area (Å²) in [5.41, 5.74) is 6.36. The van der Waals surface area contributed by atoms with Crippen LogP contribution >= 0.6 is 0 Å². The Morgan fingerprint density at radius 3 is 2.87 bits per heavy atom. The van der Waals surface area contributed by atoms with Crippen molar-refractivity contribution in [2.24, 2.45) is 0 Å². The highest BCUT2D eigenvalue weighted by atomic mass is 15.3. The van der Waals surface area contributed by atoms with Crippen LogP contribution in [-0.2, 0) is 6.54 Å². The van der Waals surface area contributed by atoms with Crippen molar-refractivity contribution >= 4 is 5.69 Å². The first-order valence-electron chi connectivity index (χ1n) is 5.74. The lowest BCUT2D eigenvalue weighted by atomic mass is 10.2. The molecule has 0 atom stereocenters.